The fraction of sp³-hybridized carbons (Fsp3) is 0.929. The van der Waals surface area contributed by atoms with Crippen LogP contribution in [0.1, 0.15) is 45.4 Å². The highest BCUT2D eigenvalue weighted by Gasteiger charge is 2.26. The van der Waals surface area contributed by atoms with E-state index >= 15 is 0 Å². The summed E-state index contributed by atoms with van der Waals surface area (Å²) in [5.74, 6) is 0.299. The molecule has 1 aliphatic heterocycles. The minimum atomic E-state index is 0.212. The van der Waals surface area contributed by atoms with Crippen molar-refractivity contribution in [1.82, 2.24) is 10.2 Å². The summed E-state index contributed by atoms with van der Waals surface area (Å²) in [4.78, 5) is 14.5. The Bertz CT molecular complexity index is 259. The maximum atomic E-state index is 12.4. The van der Waals surface area contributed by atoms with Crippen LogP contribution in [0.3, 0.4) is 0 Å². The lowest BCUT2D eigenvalue weighted by Gasteiger charge is -2.35. The molecule has 1 amide bonds. The fourth-order valence-corrected chi connectivity index (χ4v) is 3.11. The summed E-state index contributed by atoms with van der Waals surface area (Å²) in [6.07, 6.45) is 6.85. The fourth-order valence-electron chi connectivity index (χ4n) is 3.11. The van der Waals surface area contributed by atoms with Gasteiger partial charge in [0.05, 0.1) is 13.2 Å². The predicted octanol–water partition coefficient (Wildman–Crippen LogP) is 1.55. The summed E-state index contributed by atoms with van der Waals surface area (Å²) in [5.41, 5.74) is 0. The molecule has 2 rings (SSSR count). The maximum absolute atomic E-state index is 12.4. The van der Waals surface area contributed by atoms with Gasteiger partial charge in [0.25, 0.3) is 0 Å². The van der Waals surface area contributed by atoms with Crippen LogP contribution in [0.4, 0.5) is 0 Å². The van der Waals surface area contributed by atoms with Gasteiger partial charge in [0.1, 0.15) is 0 Å². The lowest BCUT2D eigenvalue weighted by atomic mass is 9.93. The minimum absolute atomic E-state index is 0.212. The Balaban J connectivity index is 1.83. The number of nitrogens with one attached hydrogen (secondary N) is 1. The van der Waals surface area contributed by atoms with Gasteiger partial charge in [0.2, 0.25) is 5.91 Å². The molecule has 0 spiro atoms. The predicted molar refractivity (Wildman–Crippen MR) is 71.5 cm³/mol. The van der Waals surface area contributed by atoms with E-state index in [9.17, 15) is 4.79 Å². The topological polar surface area (TPSA) is 41.6 Å². The lowest BCUT2D eigenvalue weighted by Crippen LogP contribution is -2.47. The van der Waals surface area contributed by atoms with Crippen molar-refractivity contribution in [3.63, 3.8) is 0 Å². The molecule has 1 atom stereocenters. The molecule has 4 heteroatoms. The maximum Gasteiger partial charge on any atom is 0.224 e. The van der Waals surface area contributed by atoms with Crippen LogP contribution in [0.15, 0.2) is 0 Å². The normalized spacial score (nSPS) is 25.9. The van der Waals surface area contributed by atoms with Crippen LogP contribution in [0.2, 0.25) is 0 Å². The molecule has 0 bridgehead atoms. The van der Waals surface area contributed by atoms with Crippen LogP contribution in [-0.2, 0) is 9.53 Å². The zero-order chi connectivity index (χ0) is 12.8. The monoisotopic (exact) mass is 254 g/mol. The molecule has 104 valence electrons. The molecule has 18 heavy (non-hydrogen) atoms. The van der Waals surface area contributed by atoms with Crippen LogP contribution in [-0.4, -0.2) is 49.2 Å². The van der Waals surface area contributed by atoms with Gasteiger partial charge in [0, 0.05) is 31.6 Å². The third-order valence-corrected chi connectivity index (χ3v) is 4.10. The molecule has 1 saturated carbocycles. The first-order valence-electron chi connectivity index (χ1n) is 7.42. The molecule has 1 N–H and O–H groups in total. The summed E-state index contributed by atoms with van der Waals surface area (Å²) in [5, 5.41) is 3.36. The van der Waals surface area contributed by atoms with E-state index in [0.29, 0.717) is 25.0 Å². The van der Waals surface area contributed by atoms with Gasteiger partial charge in [-0.15, -0.1) is 0 Å². The Labute approximate surface area is 110 Å². The summed E-state index contributed by atoms with van der Waals surface area (Å²) in [7, 11) is 0. The first-order chi connectivity index (χ1) is 8.81. The Kier molecular flexibility index (Phi) is 5.45. The number of morpholine rings is 1. The summed E-state index contributed by atoms with van der Waals surface area (Å²) in [6, 6.07) is 0.699. The number of hydrogen-bond acceptors (Lipinski definition) is 3. The van der Waals surface area contributed by atoms with Gasteiger partial charge in [0.15, 0.2) is 0 Å². The van der Waals surface area contributed by atoms with E-state index in [-0.39, 0.29) is 6.04 Å². The molecule has 0 aromatic heterocycles. The quantitative estimate of drug-likeness (QED) is 0.827. The van der Waals surface area contributed by atoms with Crippen molar-refractivity contribution in [2.75, 3.05) is 26.3 Å². The molecular weight excluding hydrogens is 228 g/mol. The van der Waals surface area contributed by atoms with E-state index in [0.717, 1.165) is 19.7 Å². The van der Waals surface area contributed by atoms with Crippen LogP contribution in [0, 0.1) is 0 Å². The third kappa shape index (κ3) is 3.69. The smallest absolute Gasteiger partial charge is 0.224 e. The van der Waals surface area contributed by atoms with Crippen molar-refractivity contribution in [3.05, 3.63) is 0 Å². The number of amides is 1. The molecule has 1 saturated heterocycles. The van der Waals surface area contributed by atoms with Gasteiger partial charge in [-0.1, -0.05) is 19.3 Å². The van der Waals surface area contributed by atoms with Gasteiger partial charge in [-0.05, 0) is 19.8 Å². The number of carbonyl (C=O) groups is 1. The van der Waals surface area contributed by atoms with Crippen molar-refractivity contribution < 1.29 is 9.53 Å². The van der Waals surface area contributed by atoms with E-state index in [2.05, 4.69) is 17.1 Å². The second kappa shape index (κ2) is 7.10. The van der Waals surface area contributed by atoms with Gasteiger partial charge < -0.3 is 15.0 Å². The Hall–Kier alpha value is -0.610. The van der Waals surface area contributed by atoms with Crippen molar-refractivity contribution in [3.8, 4) is 0 Å². The first-order valence-corrected chi connectivity index (χ1v) is 7.42. The molecule has 1 aliphatic carbocycles. The van der Waals surface area contributed by atoms with Crippen LogP contribution in [0.25, 0.3) is 0 Å². The van der Waals surface area contributed by atoms with Crippen molar-refractivity contribution in [2.24, 2.45) is 0 Å². The zero-order valence-electron chi connectivity index (χ0n) is 11.5. The van der Waals surface area contributed by atoms with E-state index in [1.807, 2.05) is 0 Å². The van der Waals surface area contributed by atoms with Crippen LogP contribution >= 0.6 is 0 Å². The highest BCUT2D eigenvalue weighted by Crippen LogP contribution is 2.23. The van der Waals surface area contributed by atoms with E-state index in [1.54, 1.807) is 0 Å². The molecule has 2 fully saturated rings. The second-order valence-corrected chi connectivity index (χ2v) is 5.40. The van der Waals surface area contributed by atoms with Gasteiger partial charge in [-0.2, -0.15) is 0 Å². The summed E-state index contributed by atoms with van der Waals surface area (Å²) < 4.78 is 5.41. The SMILES string of the molecule is CCN(C(=O)CC1COCCN1)C1CCCCC1. The molecule has 1 unspecified atom stereocenters. The molecular formula is C14H26N2O2. The average molecular weight is 254 g/mol. The number of ether oxygens (including phenoxy) is 1. The average Bonchev–Trinajstić information content (AvgIpc) is 2.42. The van der Waals surface area contributed by atoms with Gasteiger partial charge in [-0.25, -0.2) is 0 Å². The molecule has 1 heterocycles. The lowest BCUT2D eigenvalue weighted by molar-refractivity contribution is -0.135. The van der Waals surface area contributed by atoms with E-state index in [1.165, 1.54) is 32.1 Å². The van der Waals surface area contributed by atoms with Crippen molar-refractivity contribution in [2.45, 2.75) is 57.5 Å². The summed E-state index contributed by atoms with van der Waals surface area (Å²) in [6.45, 7) is 5.25. The highest BCUT2D eigenvalue weighted by atomic mass is 16.5. The minimum Gasteiger partial charge on any atom is -0.378 e. The number of nitrogens with zero attached hydrogens (tertiary/aromatic N) is 1. The van der Waals surface area contributed by atoms with Crippen molar-refractivity contribution >= 4 is 5.91 Å². The number of rotatable bonds is 4. The van der Waals surface area contributed by atoms with Crippen LogP contribution < -0.4 is 5.32 Å². The van der Waals surface area contributed by atoms with Gasteiger partial charge in [-0.3, -0.25) is 4.79 Å². The first kappa shape index (κ1) is 13.8. The second-order valence-electron chi connectivity index (χ2n) is 5.40. The molecule has 4 nitrogen and oxygen atoms in total. The standard InChI is InChI=1S/C14H26N2O2/c1-2-16(13-6-4-3-5-7-13)14(17)10-12-11-18-9-8-15-12/h12-13,15H,2-11H2,1H3. The highest BCUT2D eigenvalue weighted by molar-refractivity contribution is 5.77. The molecule has 0 aromatic rings. The number of hydrogen-bond donors (Lipinski definition) is 1. The largest absolute Gasteiger partial charge is 0.378 e. The van der Waals surface area contributed by atoms with Crippen LogP contribution in [0.5, 0.6) is 0 Å². The Morgan fingerprint density at radius 3 is 2.72 bits per heavy atom. The molecule has 0 radical (unpaired) electrons. The number of carbonyl (C=O) groups excluding carboxylic acids is 1. The third-order valence-electron chi connectivity index (χ3n) is 4.10. The summed E-state index contributed by atoms with van der Waals surface area (Å²) >= 11 is 0. The molecule has 0 aromatic carbocycles. The van der Waals surface area contributed by atoms with Gasteiger partial charge >= 0.3 is 0 Å². The molecule has 2 aliphatic rings. The Morgan fingerprint density at radius 1 is 1.33 bits per heavy atom. The van der Waals surface area contributed by atoms with Crippen molar-refractivity contribution in [1.29, 1.82) is 0 Å². The van der Waals surface area contributed by atoms with E-state index in [4.69, 9.17) is 4.74 Å². The van der Waals surface area contributed by atoms with E-state index < -0.39 is 0 Å². The zero-order valence-corrected chi connectivity index (χ0v) is 11.5. The Morgan fingerprint density at radius 2 is 2.11 bits per heavy atom.